The molecule has 0 radical (unpaired) electrons. The number of fused-ring (bicyclic) bond motifs is 1. The highest BCUT2D eigenvalue weighted by Gasteiger charge is 2.28. The lowest BCUT2D eigenvalue weighted by molar-refractivity contribution is 0.0989. The molecule has 1 aliphatic rings. The molecule has 1 aliphatic heterocycles. The standard InChI is InChI=1S/C26H22N4O2/c1-18-16-21(8-14-28-18)29-20-5-2-4-19(17-20)26(31)30-15-11-23-24(30)6-3-7-25(23)32-22-9-12-27-13-10-22/h2-10,12-14,16-17H,11,15H2,1H3,(H,28,29). The first kappa shape index (κ1) is 19.8. The van der Waals surface area contributed by atoms with Crippen LogP contribution in [0.4, 0.5) is 17.1 Å². The van der Waals surface area contributed by atoms with Gasteiger partial charge in [0.05, 0.1) is 5.69 Å². The van der Waals surface area contributed by atoms with E-state index in [9.17, 15) is 4.79 Å². The minimum Gasteiger partial charge on any atom is -0.457 e. The number of aromatic nitrogens is 2. The summed E-state index contributed by atoms with van der Waals surface area (Å²) in [7, 11) is 0. The Hall–Kier alpha value is -4.19. The molecule has 0 bridgehead atoms. The zero-order chi connectivity index (χ0) is 21.9. The molecule has 6 heteroatoms. The molecule has 0 spiro atoms. The maximum absolute atomic E-state index is 13.4. The Morgan fingerprint density at radius 1 is 0.969 bits per heavy atom. The molecule has 6 nitrogen and oxygen atoms in total. The van der Waals surface area contributed by atoms with Gasteiger partial charge in [0.15, 0.2) is 0 Å². The van der Waals surface area contributed by atoms with Crippen molar-refractivity contribution in [3.05, 3.63) is 102 Å². The van der Waals surface area contributed by atoms with Gasteiger partial charge in [-0.25, -0.2) is 0 Å². The predicted octanol–water partition coefficient (Wildman–Crippen LogP) is 5.52. The Kier molecular flexibility index (Phi) is 5.25. The summed E-state index contributed by atoms with van der Waals surface area (Å²) < 4.78 is 6.06. The molecule has 0 atom stereocenters. The molecule has 2 aromatic heterocycles. The van der Waals surface area contributed by atoms with E-state index in [0.717, 1.165) is 46.2 Å². The summed E-state index contributed by atoms with van der Waals surface area (Å²) in [6.07, 6.45) is 5.90. The lowest BCUT2D eigenvalue weighted by Gasteiger charge is -2.18. The quantitative estimate of drug-likeness (QED) is 0.458. The molecule has 3 heterocycles. The van der Waals surface area contributed by atoms with Crippen LogP contribution in [-0.4, -0.2) is 22.4 Å². The van der Waals surface area contributed by atoms with Crippen LogP contribution >= 0.6 is 0 Å². The Balaban J connectivity index is 1.38. The van der Waals surface area contributed by atoms with Crippen LogP contribution in [-0.2, 0) is 6.42 Å². The molecule has 1 amide bonds. The van der Waals surface area contributed by atoms with Crippen LogP contribution in [0.25, 0.3) is 0 Å². The number of amides is 1. The number of carbonyl (C=O) groups excluding carboxylic acids is 1. The number of aryl methyl sites for hydroxylation is 1. The third kappa shape index (κ3) is 4.03. The van der Waals surface area contributed by atoms with Crippen molar-refractivity contribution in [1.29, 1.82) is 0 Å². The molecule has 5 rings (SSSR count). The second-order valence-electron chi connectivity index (χ2n) is 7.64. The second kappa shape index (κ2) is 8.51. The number of nitrogens with zero attached hydrogens (tertiary/aromatic N) is 3. The summed E-state index contributed by atoms with van der Waals surface area (Å²) in [5, 5.41) is 3.35. The van der Waals surface area contributed by atoms with Crippen molar-refractivity contribution in [3.8, 4) is 11.5 Å². The molecule has 32 heavy (non-hydrogen) atoms. The van der Waals surface area contributed by atoms with E-state index >= 15 is 0 Å². The number of rotatable bonds is 5. The molecule has 0 saturated heterocycles. The van der Waals surface area contributed by atoms with Gasteiger partial charge in [0, 0.05) is 53.3 Å². The molecule has 0 unspecified atom stereocenters. The van der Waals surface area contributed by atoms with E-state index < -0.39 is 0 Å². The van der Waals surface area contributed by atoms with Gasteiger partial charge in [-0.2, -0.15) is 0 Å². The Morgan fingerprint density at radius 3 is 2.62 bits per heavy atom. The number of carbonyl (C=O) groups is 1. The van der Waals surface area contributed by atoms with Crippen molar-refractivity contribution < 1.29 is 9.53 Å². The number of hydrogen-bond donors (Lipinski definition) is 1. The molecule has 0 saturated carbocycles. The van der Waals surface area contributed by atoms with Gasteiger partial charge in [-0.15, -0.1) is 0 Å². The van der Waals surface area contributed by atoms with Crippen LogP contribution in [0.1, 0.15) is 21.6 Å². The van der Waals surface area contributed by atoms with Crippen LogP contribution in [0, 0.1) is 6.92 Å². The normalized spacial score (nSPS) is 12.3. The number of nitrogens with one attached hydrogen (secondary N) is 1. The average molecular weight is 422 g/mol. The lowest BCUT2D eigenvalue weighted by atomic mass is 10.1. The minimum absolute atomic E-state index is 0.0284. The Morgan fingerprint density at radius 2 is 1.78 bits per heavy atom. The van der Waals surface area contributed by atoms with E-state index in [1.165, 1.54) is 0 Å². The van der Waals surface area contributed by atoms with Crippen LogP contribution in [0.2, 0.25) is 0 Å². The zero-order valence-electron chi connectivity index (χ0n) is 17.7. The summed E-state index contributed by atoms with van der Waals surface area (Å²) >= 11 is 0. The first-order valence-electron chi connectivity index (χ1n) is 10.5. The molecule has 158 valence electrons. The van der Waals surface area contributed by atoms with Gasteiger partial charge >= 0.3 is 0 Å². The highest BCUT2D eigenvalue weighted by molar-refractivity contribution is 6.08. The van der Waals surface area contributed by atoms with Crippen LogP contribution in [0.5, 0.6) is 11.5 Å². The molecule has 4 aromatic rings. The highest BCUT2D eigenvalue weighted by atomic mass is 16.5. The van der Waals surface area contributed by atoms with Gasteiger partial charge in [-0.3, -0.25) is 14.8 Å². The van der Waals surface area contributed by atoms with Crippen molar-refractivity contribution in [2.24, 2.45) is 0 Å². The van der Waals surface area contributed by atoms with Gasteiger partial charge in [0.2, 0.25) is 0 Å². The van der Waals surface area contributed by atoms with Crippen LogP contribution in [0.3, 0.4) is 0 Å². The SMILES string of the molecule is Cc1cc(Nc2cccc(C(=O)N3CCc4c(Oc5ccncc5)cccc43)c2)ccn1. The lowest BCUT2D eigenvalue weighted by Crippen LogP contribution is -2.28. The van der Waals surface area contributed by atoms with Crippen molar-refractivity contribution in [3.63, 3.8) is 0 Å². The van der Waals surface area contributed by atoms with Gasteiger partial charge in [0.25, 0.3) is 5.91 Å². The largest absolute Gasteiger partial charge is 0.457 e. The van der Waals surface area contributed by atoms with Crippen molar-refractivity contribution in [2.75, 3.05) is 16.8 Å². The molecule has 2 aromatic carbocycles. The average Bonchev–Trinajstić information content (AvgIpc) is 3.25. The van der Waals surface area contributed by atoms with E-state index in [4.69, 9.17) is 4.74 Å². The number of ether oxygens (including phenoxy) is 1. The smallest absolute Gasteiger partial charge is 0.258 e. The monoisotopic (exact) mass is 422 g/mol. The third-order valence-corrected chi connectivity index (χ3v) is 5.40. The molecule has 0 aliphatic carbocycles. The van der Waals surface area contributed by atoms with Crippen LogP contribution in [0.15, 0.2) is 85.3 Å². The second-order valence-corrected chi connectivity index (χ2v) is 7.64. The molecule has 0 fully saturated rings. The fourth-order valence-electron chi connectivity index (χ4n) is 3.92. The van der Waals surface area contributed by atoms with Gasteiger partial charge in [-0.05, 0) is 67.9 Å². The maximum atomic E-state index is 13.4. The fourth-order valence-corrected chi connectivity index (χ4v) is 3.92. The van der Waals surface area contributed by atoms with Crippen LogP contribution < -0.4 is 15.0 Å². The van der Waals surface area contributed by atoms with Crippen molar-refractivity contribution >= 4 is 23.0 Å². The summed E-state index contributed by atoms with van der Waals surface area (Å²) in [4.78, 5) is 23.4. The van der Waals surface area contributed by atoms with Gasteiger partial charge < -0.3 is 15.0 Å². The van der Waals surface area contributed by atoms with E-state index in [2.05, 4.69) is 15.3 Å². The maximum Gasteiger partial charge on any atom is 0.258 e. The number of hydrogen-bond acceptors (Lipinski definition) is 5. The van der Waals surface area contributed by atoms with Gasteiger partial charge in [-0.1, -0.05) is 12.1 Å². The fraction of sp³-hybridized carbons (Fsp3) is 0.115. The van der Waals surface area contributed by atoms with E-state index in [0.29, 0.717) is 12.1 Å². The molecular formula is C26H22N4O2. The summed E-state index contributed by atoms with van der Waals surface area (Å²) in [5.74, 6) is 1.47. The topological polar surface area (TPSA) is 67.4 Å². The minimum atomic E-state index is -0.0284. The number of anilines is 3. The summed E-state index contributed by atoms with van der Waals surface area (Å²) in [5.41, 5.74) is 5.29. The van der Waals surface area contributed by atoms with Crippen molar-refractivity contribution in [1.82, 2.24) is 9.97 Å². The van der Waals surface area contributed by atoms with E-state index in [-0.39, 0.29) is 5.91 Å². The first-order chi connectivity index (χ1) is 15.7. The van der Waals surface area contributed by atoms with Crippen molar-refractivity contribution in [2.45, 2.75) is 13.3 Å². The Labute approximate surface area is 186 Å². The molecule has 1 N–H and O–H groups in total. The van der Waals surface area contributed by atoms with E-state index in [1.54, 1.807) is 18.6 Å². The highest BCUT2D eigenvalue weighted by Crippen LogP contribution is 2.38. The number of pyridine rings is 2. The van der Waals surface area contributed by atoms with E-state index in [1.807, 2.05) is 78.6 Å². The third-order valence-electron chi connectivity index (χ3n) is 5.40. The summed E-state index contributed by atoms with van der Waals surface area (Å²) in [6.45, 7) is 2.56. The zero-order valence-corrected chi connectivity index (χ0v) is 17.7. The Bertz CT molecular complexity index is 1270. The summed E-state index contributed by atoms with van der Waals surface area (Å²) in [6, 6.07) is 20.9. The van der Waals surface area contributed by atoms with Gasteiger partial charge in [0.1, 0.15) is 11.5 Å². The molecular weight excluding hydrogens is 400 g/mol. The first-order valence-corrected chi connectivity index (χ1v) is 10.5. The number of benzene rings is 2. The predicted molar refractivity (Wildman–Crippen MR) is 125 cm³/mol.